The lowest BCUT2D eigenvalue weighted by Gasteiger charge is -2.11. The summed E-state index contributed by atoms with van der Waals surface area (Å²) >= 11 is 5.48. The van der Waals surface area contributed by atoms with Gasteiger partial charge >= 0.3 is 6.36 Å². The number of carbonyl (C=O) groups is 1. The third-order valence-corrected chi connectivity index (χ3v) is 5.12. The summed E-state index contributed by atoms with van der Waals surface area (Å²) in [5.74, 6) is -0.227. The topological polar surface area (TPSA) is 106 Å². The Morgan fingerprint density at radius 2 is 1.67 bits per heavy atom. The van der Waals surface area contributed by atoms with E-state index in [0.29, 0.717) is 11.4 Å². The van der Waals surface area contributed by atoms with Gasteiger partial charge in [0.15, 0.2) is 12.4 Å². The van der Waals surface area contributed by atoms with E-state index >= 15 is 0 Å². The molecule has 0 unspecified atom stereocenters. The van der Waals surface area contributed by atoms with Crippen molar-refractivity contribution in [1.82, 2.24) is 0 Å². The van der Waals surface area contributed by atoms with Crippen molar-refractivity contribution in [3.63, 3.8) is 0 Å². The van der Waals surface area contributed by atoms with Gasteiger partial charge in [-0.15, -0.1) is 13.2 Å². The minimum Gasteiger partial charge on any atom is -0.506 e. The van der Waals surface area contributed by atoms with Crippen LogP contribution in [-0.2, 0) is 0 Å². The summed E-state index contributed by atoms with van der Waals surface area (Å²) in [6.07, 6.45) is -3.54. The van der Waals surface area contributed by atoms with Gasteiger partial charge in [0.05, 0.1) is 5.02 Å². The Kier molecular flexibility index (Phi) is 8.39. The first kappa shape index (κ1) is 26.4. The number of hydrogen-bond acceptors (Lipinski definition) is 6. The summed E-state index contributed by atoms with van der Waals surface area (Å²) in [5.41, 5.74) is 6.82. The fraction of sp³-hybridized carbons (Fsp3) is 0.0769. The highest BCUT2D eigenvalue weighted by atomic mass is 35.5. The zero-order valence-electron chi connectivity index (χ0n) is 18.6. The molecular formula is C26H20ClF3N2O4. The van der Waals surface area contributed by atoms with Crippen LogP contribution in [0, 0.1) is 5.41 Å². The Morgan fingerprint density at radius 3 is 2.25 bits per heavy atom. The predicted octanol–water partition coefficient (Wildman–Crippen LogP) is 6.63. The van der Waals surface area contributed by atoms with Crippen LogP contribution >= 0.6 is 11.6 Å². The molecule has 4 aromatic rings. The van der Waals surface area contributed by atoms with Gasteiger partial charge in [-0.3, -0.25) is 4.79 Å². The number of nitrogens with two attached hydrogens (primary N) is 1. The van der Waals surface area contributed by atoms with Gasteiger partial charge in [0, 0.05) is 28.4 Å². The quantitative estimate of drug-likeness (QED) is 0.115. The number of fused-ring (bicyclic) bond motifs is 1. The molecule has 0 radical (unpaired) electrons. The number of nitrogens with one attached hydrogen (secondary N) is 1. The number of carbonyl (C=O) groups excluding carboxylic acids is 1. The lowest BCUT2D eigenvalue weighted by molar-refractivity contribution is -0.274. The summed E-state index contributed by atoms with van der Waals surface area (Å²) in [5, 5.41) is 18.2. The van der Waals surface area contributed by atoms with E-state index in [0.717, 1.165) is 28.5 Å². The number of halogens is 4. The molecule has 0 amide bonds. The summed E-state index contributed by atoms with van der Waals surface area (Å²) in [4.78, 5) is 12.2. The second-order valence-electron chi connectivity index (χ2n) is 7.34. The number of benzene rings is 4. The van der Waals surface area contributed by atoms with Crippen molar-refractivity contribution in [2.75, 3.05) is 12.3 Å². The van der Waals surface area contributed by atoms with E-state index in [1.807, 2.05) is 24.3 Å². The molecule has 10 heteroatoms. The third-order valence-electron chi connectivity index (χ3n) is 4.81. The number of hydrogen-bond donors (Lipinski definition) is 3. The van der Waals surface area contributed by atoms with Crippen LogP contribution in [0.4, 0.5) is 18.9 Å². The molecule has 4 rings (SSSR count). The highest BCUT2D eigenvalue weighted by molar-refractivity contribution is 6.32. The van der Waals surface area contributed by atoms with Crippen molar-refractivity contribution in [3.8, 4) is 17.2 Å². The fourth-order valence-corrected chi connectivity index (χ4v) is 3.33. The van der Waals surface area contributed by atoms with Gasteiger partial charge in [-0.25, -0.2) is 0 Å². The molecule has 0 heterocycles. The Labute approximate surface area is 209 Å². The van der Waals surface area contributed by atoms with Crippen molar-refractivity contribution in [1.29, 1.82) is 5.41 Å². The molecule has 0 spiro atoms. The van der Waals surface area contributed by atoms with Gasteiger partial charge < -0.3 is 25.7 Å². The molecule has 186 valence electrons. The fourth-order valence-electron chi connectivity index (χ4n) is 3.14. The van der Waals surface area contributed by atoms with Crippen LogP contribution in [0.2, 0.25) is 5.02 Å². The number of nitrogen functional groups attached to an aromatic ring is 1. The zero-order chi connectivity index (χ0) is 26.3. The Balaban J connectivity index is 0.000000338. The normalized spacial score (nSPS) is 10.8. The Morgan fingerprint density at radius 1 is 1.00 bits per heavy atom. The van der Waals surface area contributed by atoms with Crippen molar-refractivity contribution in [3.05, 3.63) is 95.0 Å². The second kappa shape index (κ2) is 11.5. The highest BCUT2D eigenvalue weighted by Gasteiger charge is 2.31. The molecule has 4 aromatic carbocycles. The molecule has 0 saturated carbocycles. The van der Waals surface area contributed by atoms with E-state index in [-0.39, 0.29) is 28.7 Å². The first-order valence-electron chi connectivity index (χ1n) is 10.4. The Bertz CT molecular complexity index is 1380. The van der Waals surface area contributed by atoms with Crippen LogP contribution in [0.25, 0.3) is 10.8 Å². The van der Waals surface area contributed by atoms with Crippen LogP contribution in [0.1, 0.15) is 15.9 Å². The van der Waals surface area contributed by atoms with Crippen molar-refractivity contribution >= 4 is 40.1 Å². The SMILES string of the molecule is N=Cc1ccc(OCC(=O)c2ccc(OC(F)(F)F)cc2)c2ccccc12.Nc1ccc(O)c(Cl)c1. The van der Waals surface area contributed by atoms with Gasteiger partial charge in [0.1, 0.15) is 17.2 Å². The molecule has 0 aliphatic rings. The minimum atomic E-state index is -4.78. The number of alkyl halides is 3. The smallest absolute Gasteiger partial charge is 0.506 e. The third kappa shape index (κ3) is 7.13. The predicted molar refractivity (Wildman–Crippen MR) is 132 cm³/mol. The number of phenols is 1. The number of Topliss-reactive ketones (excluding diaryl/α,β-unsaturated/α-hetero) is 1. The monoisotopic (exact) mass is 516 g/mol. The number of anilines is 1. The minimum absolute atomic E-state index is 0.0610. The van der Waals surface area contributed by atoms with Gasteiger partial charge in [-0.05, 0) is 60.0 Å². The van der Waals surface area contributed by atoms with E-state index in [1.54, 1.807) is 18.2 Å². The van der Waals surface area contributed by atoms with Crippen LogP contribution in [0.15, 0.2) is 78.9 Å². The number of phenolic OH excluding ortho intramolecular Hbond substituents is 1. The summed E-state index contributed by atoms with van der Waals surface area (Å²) in [7, 11) is 0. The van der Waals surface area contributed by atoms with Crippen LogP contribution in [0.5, 0.6) is 17.2 Å². The molecule has 0 bridgehead atoms. The maximum absolute atomic E-state index is 12.2. The molecule has 0 aliphatic heterocycles. The lowest BCUT2D eigenvalue weighted by atomic mass is 10.0. The molecule has 0 atom stereocenters. The van der Waals surface area contributed by atoms with E-state index in [2.05, 4.69) is 4.74 Å². The number of rotatable bonds is 6. The van der Waals surface area contributed by atoms with Crippen LogP contribution < -0.4 is 15.2 Å². The molecule has 36 heavy (non-hydrogen) atoms. The molecule has 0 fully saturated rings. The van der Waals surface area contributed by atoms with E-state index in [1.165, 1.54) is 30.5 Å². The average Bonchev–Trinajstić information content (AvgIpc) is 2.84. The summed E-state index contributed by atoms with van der Waals surface area (Å²) < 4.78 is 45.9. The van der Waals surface area contributed by atoms with Crippen molar-refractivity contribution in [2.24, 2.45) is 0 Å². The van der Waals surface area contributed by atoms with Crippen LogP contribution in [0.3, 0.4) is 0 Å². The van der Waals surface area contributed by atoms with Gasteiger partial charge in [0.25, 0.3) is 0 Å². The number of ketones is 1. The van der Waals surface area contributed by atoms with Gasteiger partial charge in [0.2, 0.25) is 0 Å². The lowest BCUT2D eigenvalue weighted by Crippen LogP contribution is -2.17. The molecule has 0 aliphatic carbocycles. The van der Waals surface area contributed by atoms with E-state index in [9.17, 15) is 18.0 Å². The first-order chi connectivity index (χ1) is 17.1. The Hall–Kier alpha value is -4.24. The van der Waals surface area contributed by atoms with Crippen molar-refractivity contribution in [2.45, 2.75) is 6.36 Å². The second-order valence-corrected chi connectivity index (χ2v) is 7.74. The molecule has 4 N–H and O–H groups in total. The van der Waals surface area contributed by atoms with E-state index in [4.69, 9.17) is 32.6 Å². The zero-order valence-corrected chi connectivity index (χ0v) is 19.3. The number of aromatic hydroxyl groups is 1. The molecular weight excluding hydrogens is 497 g/mol. The number of ether oxygens (including phenoxy) is 2. The maximum Gasteiger partial charge on any atom is 0.573 e. The molecule has 0 saturated heterocycles. The van der Waals surface area contributed by atoms with Gasteiger partial charge in [-0.2, -0.15) is 0 Å². The highest BCUT2D eigenvalue weighted by Crippen LogP contribution is 2.28. The first-order valence-corrected chi connectivity index (χ1v) is 10.7. The van der Waals surface area contributed by atoms with Crippen LogP contribution in [-0.4, -0.2) is 30.1 Å². The summed E-state index contributed by atoms with van der Waals surface area (Å²) in [6.45, 7) is -0.270. The van der Waals surface area contributed by atoms with Crippen molar-refractivity contribution < 1.29 is 32.5 Å². The summed E-state index contributed by atoms with van der Waals surface area (Å²) in [6, 6.07) is 19.9. The molecule has 6 nitrogen and oxygen atoms in total. The van der Waals surface area contributed by atoms with E-state index < -0.39 is 12.1 Å². The average molecular weight is 517 g/mol. The molecule has 0 aromatic heterocycles. The standard InChI is InChI=1S/C20H14F3NO3.C6H6ClNO/c21-20(22,23)27-15-8-5-13(6-9-15)18(25)12-26-19-10-7-14(11-24)16-3-1-2-4-17(16)19;7-5-3-4(8)1-2-6(5)9/h1-11,24H,12H2;1-3,9H,8H2. The van der Waals surface area contributed by atoms with Gasteiger partial charge in [-0.1, -0.05) is 35.9 Å². The maximum atomic E-state index is 12.2. The largest absolute Gasteiger partial charge is 0.573 e.